The predicted molar refractivity (Wildman–Crippen MR) is 174 cm³/mol. The standard InChI is InChI=1S/3C12H8N2.3Ru/c3*1-3-9-5-6-10-4-2-8-14-12(10)11(9)13-7-1;;;/h3*1-8H;;;/q3*-2;3*+2. The summed E-state index contributed by atoms with van der Waals surface area (Å²) in [7, 11) is 0. The first-order valence-electron chi connectivity index (χ1n) is 14.6. The molecule has 9 aliphatic rings. The Kier molecular flexibility index (Phi) is 5.98. The molecular weight excluding hydrogens is 820 g/mol. The van der Waals surface area contributed by atoms with Gasteiger partial charge in [-0.1, -0.05) is 0 Å². The van der Waals surface area contributed by atoms with Crippen molar-refractivity contribution in [1.82, 2.24) is 0 Å². The topological polar surface area (TPSA) is 19.4 Å². The zero-order valence-corrected chi connectivity index (χ0v) is 28.8. The molecule has 0 bridgehead atoms. The van der Waals surface area contributed by atoms with Crippen molar-refractivity contribution in [2.24, 2.45) is 0 Å². The summed E-state index contributed by atoms with van der Waals surface area (Å²) in [5.74, 6) is 0. The Morgan fingerprint density at radius 2 is 0.444 bits per heavy atom. The van der Waals surface area contributed by atoms with Crippen molar-refractivity contribution in [2.45, 2.75) is 0 Å². The summed E-state index contributed by atoms with van der Waals surface area (Å²) < 4.78 is 14.4. The average molecular weight is 844 g/mol. The van der Waals surface area contributed by atoms with Gasteiger partial charge in [0.05, 0.1) is 0 Å². The predicted octanol–water partition coefficient (Wildman–Crippen LogP) is 2.52. The van der Waals surface area contributed by atoms with Crippen molar-refractivity contribution in [3.63, 3.8) is 0 Å². The first kappa shape index (κ1) is 26.2. The van der Waals surface area contributed by atoms with E-state index in [0.717, 1.165) is 0 Å². The van der Waals surface area contributed by atoms with Gasteiger partial charge >= 0.3 is 287 Å². The maximum absolute atomic E-state index is 2.39. The van der Waals surface area contributed by atoms with Crippen molar-refractivity contribution in [3.8, 4) is 0 Å². The molecule has 0 spiro atoms. The molecule has 3 aromatic rings. The summed E-state index contributed by atoms with van der Waals surface area (Å²) in [6.45, 7) is 0. The summed E-state index contributed by atoms with van der Waals surface area (Å²) >= 11 is 0.273. The number of rotatable bonds is 0. The van der Waals surface area contributed by atoms with Gasteiger partial charge in [0.1, 0.15) is 0 Å². The van der Waals surface area contributed by atoms with Gasteiger partial charge in [0.2, 0.25) is 0 Å². The molecule has 0 aliphatic carbocycles. The minimum atomic E-state index is 0.0909. The van der Waals surface area contributed by atoms with Crippen LogP contribution >= 0.6 is 0 Å². The molecule has 0 amide bonds. The molecule has 0 unspecified atom stereocenters. The molecule has 0 atom stereocenters. The van der Waals surface area contributed by atoms with Crippen LogP contribution in [0.1, 0.15) is 0 Å². The van der Waals surface area contributed by atoms with E-state index in [1.807, 2.05) is 0 Å². The Bertz CT molecular complexity index is 1990. The van der Waals surface area contributed by atoms with Gasteiger partial charge in [-0.2, -0.15) is 0 Å². The van der Waals surface area contributed by atoms with Crippen LogP contribution in [0.25, 0.3) is 36.5 Å². The van der Waals surface area contributed by atoms with Gasteiger partial charge in [0.25, 0.3) is 0 Å². The number of hydrogen-bond donors (Lipinski definition) is 0. The van der Waals surface area contributed by atoms with Crippen molar-refractivity contribution in [1.29, 1.82) is 0 Å². The molecule has 222 valence electrons. The Morgan fingerprint density at radius 1 is 0.267 bits per heavy atom. The van der Waals surface area contributed by atoms with Crippen LogP contribution in [0.5, 0.6) is 0 Å². The molecule has 9 heteroatoms. The molecule has 3 aromatic carbocycles. The van der Waals surface area contributed by atoms with Gasteiger partial charge in [0, 0.05) is 0 Å². The second-order valence-electron chi connectivity index (χ2n) is 10.9. The van der Waals surface area contributed by atoms with Crippen LogP contribution in [-0.4, -0.2) is 0 Å². The Labute approximate surface area is 284 Å². The number of hydrogen-bond acceptors (Lipinski definition) is 6. The van der Waals surface area contributed by atoms with E-state index < -0.39 is 0 Å². The van der Waals surface area contributed by atoms with E-state index in [9.17, 15) is 0 Å². The van der Waals surface area contributed by atoms with E-state index in [1.165, 1.54) is 65.4 Å². The second kappa shape index (κ2) is 10.3. The van der Waals surface area contributed by atoms with E-state index in [4.69, 9.17) is 0 Å². The van der Waals surface area contributed by atoms with Gasteiger partial charge in [0.15, 0.2) is 0 Å². The molecule has 12 rings (SSSR count). The Morgan fingerprint density at radius 3 is 0.622 bits per heavy atom. The first-order chi connectivity index (χ1) is 22.3. The molecule has 0 saturated carbocycles. The molecule has 0 N–H and O–H groups in total. The van der Waals surface area contributed by atoms with E-state index in [2.05, 4.69) is 168 Å². The molecule has 0 aromatic heterocycles. The minimum absolute atomic E-state index is 0.0909. The van der Waals surface area contributed by atoms with Crippen LogP contribution in [0.2, 0.25) is 0 Å². The van der Waals surface area contributed by atoms with Crippen LogP contribution in [0.4, 0.5) is 34.1 Å². The monoisotopic (exact) mass is 846 g/mol. The van der Waals surface area contributed by atoms with Gasteiger partial charge in [-0.3, -0.25) is 0 Å². The number of allylic oxidation sites excluding steroid dienone is 6. The first-order valence-corrected chi connectivity index (χ1v) is 19.2. The Balaban J connectivity index is 0.0000000884. The van der Waals surface area contributed by atoms with E-state index in [0.29, 0.717) is 0 Å². The quantitative estimate of drug-likeness (QED) is 0.323. The summed E-state index contributed by atoms with van der Waals surface area (Å²) in [6.07, 6.45) is 39.1. The van der Waals surface area contributed by atoms with Crippen molar-refractivity contribution in [2.75, 3.05) is 21.9 Å². The van der Waals surface area contributed by atoms with Gasteiger partial charge < -0.3 is 0 Å². The molecule has 9 heterocycles. The second-order valence-corrected chi connectivity index (χ2v) is 16.9. The third-order valence-electron chi connectivity index (χ3n) is 8.28. The van der Waals surface area contributed by atoms with E-state index in [-0.39, 0.29) is 52.8 Å². The van der Waals surface area contributed by atoms with Crippen LogP contribution in [0, 0.1) is 0 Å². The fraction of sp³-hybridized carbons (Fsp3) is 0. The number of nitrogens with zero attached hydrogens (tertiary/aromatic N) is 6. The average Bonchev–Trinajstić information content (AvgIpc) is 3.79. The molecule has 0 radical (unpaired) electrons. The fourth-order valence-corrected chi connectivity index (χ4v) is 12.6. The van der Waals surface area contributed by atoms with Crippen molar-refractivity contribution < 1.29 is 52.8 Å². The van der Waals surface area contributed by atoms with Crippen LogP contribution in [0.3, 0.4) is 0 Å². The zero-order valence-electron chi connectivity index (χ0n) is 23.6. The summed E-state index contributed by atoms with van der Waals surface area (Å²) in [5.41, 5.74) is 8.38. The fourth-order valence-electron chi connectivity index (χ4n) is 6.32. The molecule has 9 aliphatic heterocycles. The van der Waals surface area contributed by atoms with E-state index >= 15 is 0 Å². The van der Waals surface area contributed by atoms with Crippen LogP contribution in [0.15, 0.2) is 110 Å². The molecule has 45 heavy (non-hydrogen) atoms. The SMILES string of the molecule is C1=C[N]2[Ru][N]3C=CC=c4ccc(c2c43)=C1.C1=C[N]2[Ru][N]3C=CC=c4ccc(c2c43)=C1.C1=C[N]2[Ru][N]3C=CC=c4ccc(c2c43)=C1. The van der Waals surface area contributed by atoms with Gasteiger partial charge in [-0.25, -0.2) is 0 Å². The van der Waals surface area contributed by atoms with E-state index in [1.54, 1.807) is 0 Å². The summed E-state index contributed by atoms with van der Waals surface area (Å²) in [4.78, 5) is 0. The van der Waals surface area contributed by atoms with Crippen molar-refractivity contribution >= 4 is 70.6 Å². The molecule has 0 fully saturated rings. The van der Waals surface area contributed by atoms with Crippen LogP contribution in [-0.2, 0) is 52.8 Å². The molecular formula is C36H24N6Ru3. The third kappa shape index (κ3) is 4.08. The Hall–Kier alpha value is -4.01. The molecule has 6 nitrogen and oxygen atoms in total. The summed E-state index contributed by atoms with van der Waals surface area (Å²) in [6, 6.07) is 13.3. The van der Waals surface area contributed by atoms with Crippen LogP contribution < -0.4 is 53.2 Å². The van der Waals surface area contributed by atoms with Crippen molar-refractivity contribution in [3.05, 3.63) is 141 Å². The normalized spacial score (nSPS) is 19.2. The van der Waals surface area contributed by atoms with Gasteiger partial charge in [-0.15, -0.1) is 0 Å². The van der Waals surface area contributed by atoms with Gasteiger partial charge in [-0.05, 0) is 0 Å². The third-order valence-corrected chi connectivity index (χ3v) is 14.4. The number of benzene rings is 3. The maximum atomic E-state index is 2.39. The summed E-state index contributed by atoms with van der Waals surface area (Å²) in [5, 5.41) is 8.07. The zero-order chi connectivity index (χ0) is 29.5. The number of anilines is 6. The molecule has 0 saturated heterocycles.